The van der Waals surface area contributed by atoms with E-state index in [9.17, 15) is 0 Å². The van der Waals surface area contributed by atoms with Crippen LogP contribution in [0.5, 0.6) is 0 Å². The van der Waals surface area contributed by atoms with E-state index < -0.39 is 0 Å². The maximum atomic E-state index is 5.95. The molecular formula is C28H29Cl2N7. The van der Waals surface area contributed by atoms with Crippen LogP contribution in [-0.4, -0.2) is 11.7 Å². The largest absolute Gasteiger partial charge is 0.399 e. The molecular weight excluding hydrogens is 505 g/mol. The lowest BCUT2D eigenvalue weighted by Gasteiger charge is -2.04. The van der Waals surface area contributed by atoms with Gasteiger partial charge in [0.2, 0.25) is 0 Å². The molecule has 0 unspecified atom stereocenters. The van der Waals surface area contributed by atoms with Crippen molar-refractivity contribution in [2.45, 2.75) is 13.1 Å². The van der Waals surface area contributed by atoms with Gasteiger partial charge in [-0.15, -0.1) is 0 Å². The number of anilines is 2. The fourth-order valence-electron chi connectivity index (χ4n) is 3.18. The lowest BCUT2D eigenvalue weighted by Crippen LogP contribution is -2.15. The molecule has 9 N–H and O–H groups in total. The summed E-state index contributed by atoms with van der Waals surface area (Å²) in [4.78, 5) is 8.68. The number of aliphatic imine (C=N–C) groups is 2. The van der Waals surface area contributed by atoms with Crippen molar-refractivity contribution in [3.05, 3.63) is 129 Å². The zero-order valence-corrected chi connectivity index (χ0v) is 21.6. The minimum atomic E-state index is 0.479. The monoisotopic (exact) mass is 533 g/mol. The molecule has 37 heavy (non-hydrogen) atoms. The molecule has 0 saturated carbocycles. The molecule has 0 fully saturated rings. The van der Waals surface area contributed by atoms with Gasteiger partial charge in [-0.1, -0.05) is 71.7 Å². The van der Waals surface area contributed by atoms with Crippen molar-refractivity contribution >= 4 is 46.2 Å². The van der Waals surface area contributed by atoms with E-state index in [1.165, 1.54) is 0 Å². The highest BCUT2D eigenvalue weighted by molar-refractivity contribution is 6.30. The van der Waals surface area contributed by atoms with Crippen LogP contribution >= 0.6 is 23.2 Å². The summed E-state index contributed by atoms with van der Waals surface area (Å²) in [7, 11) is 0. The molecule has 0 bridgehead atoms. The smallest absolute Gasteiger partial charge is 0.126 e. The summed E-state index contributed by atoms with van der Waals surface area (Å²) in [6.07, 6.45) is 0. The van der Waals surface area contributed by atoms with Gasteiger partial charge < -0.3 is 22.6 Å². The Hall–Kier alpha value is -4.04. The first-order chi connectivity index (χ1) is 17.8. The van der Waals surface area contributed by atoms with Gasteiger partial charge in [0.25, 0.3) is 0 Å². The molecule has 0 radical (unpaired) electrons. The van der Waals surface area contributed by atoms with E-state index in [1.54, 1.807) is 6.07 Å². The second-order valence-electron chi connectivity index (χ2n) is 8.01. The van der Waals surface area contributed by atoms with Gasteiger partial charge in [-0.2, -0.15) is 0 Å². The van der Waals surface area contributed by atoms with Crippen molar-refractivity contribution in [2.75, 3.05) is 11.2 Å². The average Bonchev–Trinajstić information content (AvgIpc) is 2.92. The number of nitrogens with zero attached hydrogens (tertiary/aromatic N) is 2. The van der Waals surface area contributed by atoms with Crippen LogP contribution in [0.3, 0.4) is 0 Å². The highest BCUT2D eigenvalue weighted by Crippen LogP contribution is 2.13. The van der Waals surface area contributed by atoms with Crippen molar-refractivity contribution in [3.63, 3.8) is 0 Å². The van der Waals surface area contributed by atoms with E-state index in [2.05, 4.69) is 15.4 Å². The van der Waals surface area contributed by atoms with Crippen molar-refractivity contribution in [1.29, 1.82) is 0 Å². The van der Waals surface area contributed by atoms with E-state index in [1.807, 2.05) is 91.0 Å². The molecule has 0 atom stereocenters. The molecule has 0 amide bonds. The van der Waals surface area contributed by atoms with E-state index in [0.29, 0.717) is 40.5 Å². The number of halogens is 2. The number of nitrogens with one attached hydrogen (secondary N) is 1. The Morgan fingerprint density at radius 2 is 1.11 bits per heavy atom. The fourth-order valence-corrected chi connectivity index (χ4v) is 3.43. The first-order valence-corrected chi connectivity index (χ1v) is 12.1. The third kappa shape index (κ3) is 9.16. The summed E-state index contributed by atoms with van der Waals surface area (Å²) in [6.45, 7) is 1.04. The molecule has 4 rings (SSSR count). The van der Waals surface area contributed by atoms with Gasteiger partial charge >= 0.3 is 0 Å². The van der Waals surface area contributed by atoms with Gasteiger partial charge in [0.15, 0.2) is 0 Å². The highest BCUT2D eigenvalue weighted by atomic mass is 35.5. The first-order valence-electron chi connectivity index (χ1n) is 11.4. The van der Waals surface area contributed by atoms with Crippen LogP contribution in [0.4, 0.5) is 11.4 Å². The Balaban J connectivity index is 0.000000206. The van der Waals surface area contributed by atoms with Crippen LogP contribution in [0.1, 0.15) is 22.3 Å². The van der Waals surface area contributed by atoms with E-state index in [4.69, 9.17) is 46.2 Å². The lowest BCUT2D eigenvalue weighted by molar-refractivity contribution is 1.06. The summed E-state index contributed by atoms with van der Waals surface area (Å²) >= 11 is 11.6. The zero-order chi connectivity index (χ0) is 26.6. The van der Waals surface area contributed by atoms with Gasteiger partial charge in [0.05, 0.1) is 13.1 Å². The maximum Gasteiger partial charge on any atom is 0.126 e. The fraction of sp³-hybridized carbons (Fsp3) is 0.0714. The Morgan fingerprint density at radius 3 is 1.57 bits per heavy atom. The van der Waals surface area contributed by atoms with Crippen molar-refractivity contribution in [1.82, 2.24) is 0 Å². The lowest BCUT2D eigenvalue weighted by atomic mass is 10.2. The third-order valence-corrected chi connectivity index (χ3v) is 5.70. The quantitative estimate of drug-likeness (QED) is 0.0714. The predicted molar refractivity (Wildman–Crippen MR) is 157 cm³/mol. The Kier molecular flexibility index (Phi) is 10.3. The van der Waals surface area contributed by atoms with Crippen LogP contribution in [0.15, 0.2) is 107 Å². The van der Waals surface area contributed by atoms with Crippen LogP contribution in [-0.2, 0) is 13.1 Å². The minimum absolute atomic E-state index is 0.479. The molecule has 0 aliphatic heterocycles. The molecule has 4 aromatic carbocycles. The van der Waals surface area contributed by atoms with Crippen LogP contribution < -0.4 is 28.5 Å². The number of hydrogen-bond donors (Lipinski definition) is 5. The number of amidine groups is 2. The molecule has 4 aromatic rings. The molecule has 0 heterocycles. The summed E-state index contributed by atoms with van der Waals surface area (Å²) in [5.74, 6) is 6.32. The molecule has 0 aliphatic carbocycles. The van der Waals surface area contributed by atoms with Gasteiger partial charge in [-0.05, 0) is 59.7 Å². The summed E-state index contributed by atoms with van der Waals surface area (Å²) in [6, 6.07) is 29.9. The normalized spacial score (nSPS) is 11.4. The van der Waals surface area contributed by atoms with Crippen molar-refractivity contribution in [3.8, 4) is 0 Å². The number of hydrazine groups is 1. The topological polar surface area (TPSA) is 141 Å². The molecule has 9 heteroatoms. The first kappa shape index (κ1) is 27.5. The van der Waals surface area contributed by atoms with Crippen LogP contribution in [0.2, 0.25) is 10.0 Å². The number of rotatable bonds is 7. The molecule has 7 nitrogen and oxygen atoms in total. The maximum absolute atomic E-state index is 5.95. The molecule has 0 spiro atoms. The average molecular weight is 534 g/mol. The Morgan fingerprint density at radius 1 is 0.649 bits per heavy atom. The highest BCUT2D eigenvalue weighted by Gasteiger charge is 2.01. The summed E-state index contributed by atoms with van der Waals surface area (Å²) in [5.41, 5.74) is 25.4. The van der Waals surface area contributed by atoms with Crippen LogP contribution in [0.25, 0.3) is 0 Å². The molecule has 190 valence electrons. The summed E-state index contributed by atoms with van der Waals surface area (Å²) < 4.78 is 0. The van der Waals surface area contributed by atoms with Crippen LogP contribution in [0, 0.1) is 0 Å². The number of benzene rings is 4. The van der Waals surface area contributed by atoms with Gasteiger partial charge in [-0.25, -0.2) is 0 Å². The van der Waals surface area contributed by atoms with Gasteiger partial charge in [0.1, 0.15) is 11.7 Å². The Labute approximate surface area is 226 Å². The number of hydrogen-bond acceptors (Lipinski definition) is 5. The van der Waals surface area contributed by atoms with E-state index >= 15 is 0 Å². The van der Waals surface area contributed by atoms with Crippen molar-refractivity contribution < 1.29 is 0 Å². The van der Waals surface area contributed by atoms with E-state index in [0.717, 1.165) is 27.9 Å². The molecule has 0 aromatic heterocycles. The third-order valence-electron chi connectivity index (χ3n) is 5.20. The van der Waals surface area contributed by atoms with Crippen molar-refractivity contribution in [2.24, 2.45) is 27.3 Å². The zero-order valence-electron chi connectivity index (χ0n) is 20.1. The van der Waals surface area contributed by atoms with Gasteiger partial charge in [-0.3, -0.25) is 15.8 Å². The molecule has 0 saturated heterocycles. The standard InChI is InChI=1S/C14H15ClN4.C14H14ClN3/c15-12-6-4-10(5-7-12)9-18-14(16)11-2-1-3-13(8-11)19-17;15-12-6-4-10(5-7-12)9-18-14(17)11-2-1-3-13(16)8-11/h1-8,19H,9,17H2,(H2,16,18);1-8H,9,16H2,(H2,17,18). The SMILES string of the molecule is NC(=NCc1ccc(Cl)cc1)c1cccc(N)c1.NNc1cccc(C(N)=NCc2ccc(Cl)cc2)c1. The van der Waals surface area contributed by atoms with Gasteiger partial charge in [0, 0.05) is 32.5 Å². The number of nitrogens with two attached hydrogens (primary N) is 4. The second-order valence-corrected chi connectivity index (χ2v) is 8.88. The predicted octanol–water partition coefficient (Wildman–Crippen LogP) is 5.36. The summed E-state index contributed by atoms with van der Waals surface area (Å²) in [5, 5.41) is 1.42. The second kappa shape index (κ2) is 13.9. The minimum Gasteiger partial charge on any atom is -0.399 e. The Bertz CT molecular complexity index is 1350. The number of nitrogen functional groups attached to an aromatic ring is 2. The molecule has 0 aliphatic rings. The van der Waals surface area contributed by atoms with E-state index in [-0.39, 0.29) is 0 Å².